The van der Waals surface area contributed by atoms with Crippen LogP contribution in [0.15, 0.2) is 18.2 Å². The predicted molar refractivity (Wildman–Crippen MR) is 75.9 cm³/mol. The Hall–Kier alpha value is -1.32. The third-order valence-electron chi connectivity index (χ3n) is 2.96. The third kappa shape index (κ3) is 2.28. The highest BCUT2D eigenvalue weighted by atomic mass is 35.5. The van der Waals surface area contributed by atoms with Gasteiger partial charge >= 0.3 is 5.97 Å². The molecular formula is C14H13ClO2S. The smallest absolute Gasteiger partial charge is 0.345 e. The quantitative estimate of drug-likeness (QED) is 0.866. The van der Waals surface area contributed by atoms with Gasteiger partial charge in [-0.15, -0.1) is 11.3 Å². The number of thiophene rings is 1. The van der Waals surface area contributed by atoms with E-state index in [1.54, 1.807) is 6.07 Å². The molecule has 0 aliphatic rings. The Labute approximate surface area is 115 Å². The number of aryl methyl sites for hydroxylation is 3. The van der Waals surface area contributed by atoms with Crippen LogP contribution in [-0.2, 0) is 0 Å². The molecule has 1 aromatic carbocycles. The molecule has 0 bridgehead atoms. The molecule has 2 nitrogen and oxygen atoms in total. The van der Waals surface area contributed by atoms with E-state index >= 15 is 0 Å². The number of benzene rings is 1. The zero-order chi connectivity index (χ0) is 13.4. The Bertz CT molecular complexity index is 629. The summed E-state index contributed by atoms with van der Waals surface area (Å²) in [5.41, 5.74) is 4.15. The highest BCUT2D eigenvalue weighted by Gasteiger charge is 2.15. The molecule has 0 fully saturated rings. The molecule has 0 amide bonds. The second-order valence-corrected chi connectivity index (χ2v) is 5.80. The van der Waals surface area contributed by atoms with Gasteiger partial charge in [0.15, 0.2) is 0 Å². The molecule has 0 aliphatic carbocycles. The Morgan fingerprint density at radius 2 is 1.72 bits per heavy atom. The van der Waals surface area contributed by atoms with Gasteiger partial charge in [0.05, 0.1) is 0 Å². The topological polar surface area (TPSA) is 37.3 Å². The zero-order valence-corrected chi connectivity index (χ0v) is 11.9. The van der Waals surface area contributed by atoms with Crippen molar-refractivity contribution >= 4 is 28.9 Å². The minimum atomic E-state index is -0.894. The van der Waals surface area contributed by atoms with Crippen LogP contribution in [0.5, 0.6) is 0 Å². The lowest BCUT2D eigenvalue weighted by molar-refractivity contribution is 0.0702. The monoisotopic (exact) mass is 280 g/mol. The minimum absolute atomic E-state index is 0.344. The summed E-state index contributed by atoms with van der Waals surface area (Å²) in [6, 6.07) is 5.63. The van der Waals surface area contributed by atoms with Gasteiger partial charge < -0.3 is 5.11 Å². The maximum Gasteiger partial charge on any atom is 0.345 e. The van der Waals surface area contributed by atoms with Crippen LogP contribution in [0.2, 0.25) is 5.02 Å². The van der Waals surface area contributed by atoms with Gasteiger partial charge in [-0.1, -0.05) is 11.6 Å². The fourth-order valence-electron chi connectivity index (χ4n) is 1.81. The van der Waals surface area contributed by atoms with Crippen LogP contribution >= 0.6 is 22.9 Å². The molecule has 2 rings (SSSR count). The normalized spacial score (nSPS) is 10.7. The minimum Gasteiger partial charge on any atom is -0.477 e. The lowest BCUT2D eigenvalue weighted by Crippen LogP contribution is -1.89. The van der Waals surface area contributed by atoms with E-state index in [-0.39, 0.29) is 0 Å². The lowest BCUT2D eigenvalue weighted by atomic mass is 10.0. The molecule has 1 heterocycles. The first-order valence-corrected chi connectivity index (χ1v) is 6.70. The maximum atomic E-state index is 11.0. The Kier molecular flexibility index (Phi) is 3.46. The Balaban J connectivity index is 2.62. The number of hydrogen-bond donors (Lipinski definition) is 1. The van der Waals surface area contributed by atoms with Crippen LogP contribution in [0.25, 0.3) is 10.4 Å². The number of carboxylic acids is 1. The first-order valence-electron chi connectivity index (χ1n) is 5.51. The van der Waals surface area contributed by atoms with Crippen LogP contribution < -0.4 is 0 Å². The summed E-state index contributed by atoms with van der Waals surface area (Å²) in [6.07, 6.45) is 0. The first kappa shape index (κ1) is 13.1. The first-order chi connectivity index (χ1) is 8.40. The largest absolute Gasteiger partial charge is 0.477 e. The summed E-state index contributed by atoms with van der Waals surface area (Å²) in [7, 11) is 0. The highest BCUT2D eigenvalue weighted by Crippen LogP contribution is 2.37. The van der Waals surface area contributed by atoms with Crippen LogP contribution in [-0.4, -0.2) is 11.1 Å². The summed E-state index contributed by atoms with van der Waals surface area (Å²) in [4.78, 5) is 12.3. The number of rotatable bonds is 2. The van der Waals surface area contributed by atoms with E-state index in [0.717, 1.165) is 27.1 Å². The number of aromatic carboxylic acids is 1. The van der Waals surface area contributed by atoms with Crippen molar-refractivity contribution in [1.82, 2.24) is 0 Å². The summed E-state index contributed by atoms with van der Waals surface area (Å²) in [5, 5.41) is 9.68. The molecule has 94 valence electrons. The van der Waals surface area contributed by atoms with Crippen molar-refractivity contribution in [2.45, 2.75) is 20.8 Å². The highest BCUT2D eigenvalue weighted by molar-refractivity contribution is 7.17. The van der Waals surface area contributed by atoms with Crippen molar-refractivity contribution < 1.29 is 9.90 Å². The molecule has 0 aliphatic heterocycles. The van der Waals surface area contributed by atoms with Gasteiger partial charge in [-0.05, 0) is 55.7 Å². The van der Waals surface area contributed by atoms with E-state index < -0.39 is 5.97 Å². The second-order valence-electron chi connectivity index (χ2n) is 4.34. The molecule has 4 heteroatoms. The van der Waals surface area contributed by atoms with Crippen molar-refractivity contribution in [3.63, 3.8) is 0 Å². The molecule has 0 radical (unpaired) electrons. The van der Waals surface area contributed by atoms with Crippen molar-refractivity contribution in [2.24, 2.45) is 0 Å². The molecule has 2 aromatic rings. The van der Waals surface area contributed by atoms with E-state index in [2.05, 4.69) is 0 Å². The van der Waals surface area contributed by atoms with Crippen LogP contribution in [0.4, 0.5) is 0 Å². The number of carboxylic acid groups (broad SMARTS) is 1. The van der Waals surface area contributed by atoms with Gasteiger partial charge in [0, 0.05) is 15.5 Å². The summed E-state index contributed by atoms with van der Waals surface area (Å²) >= 11 is 7.52. The predicted octanol–water partition coefficient (Wildman–Crippen LogP) is 4.69. The van der Waals surface area contributed by atoms with Gasteiger partial charge in [-0.2, -0.15) is 0 Å². The molecule has 1 N–H and O–H groups in total. The van der Waals surface area contributed by atoms with E-state index in [9.17, 15) is 4.79 Å². The van der Waals surface area contributed by atoms with Gasteiger partial charge in [0.25, 0.3) is 0 Å². The van der Waals surface area contributed by atoms with Gasteiger partial charge in [-0.3, -0.25) is 0 Å². The molecule has 0 atom stereocenters. The molecule has 18 heavy (non-hydrogen) atoms. The fourth-order valence-corrected chi connectivity index (χ4v) is 3.22. The Morgan fingerprint density at radius 3 is 2.28 bits per heavy atom. The van der Waals surface area contributed by atoms with Gasteiger partial charge in [-0.25, -0.2) is 4.79 Å². The number of halogens is 1. The SMILES string of the molecule is Cc1cc(Cl)c(-c2sc(C(=O)O)cc2C)cc1C. The molecule has 0 spiro atoms. The molecule has 1 aromatic heterocycles. The lowest BCUT2D eigenvalue weighted by Gasteiger charge is -2.07. The van der Waals surface area contributed by atoms with E-state index in [1.807, 2.05) is 32.9 Å². The van der Waals surface area contributed by atoms with Gasteiger partial charge in [0.1, 0.15) is 4.88 Å². The maximum absolute atomic E-state index is 11.0. The zero-order valence-electron chi connectivity index (χ0n) is 10.4. The van der Waals surface area contributed by atoms with Crippen LogP contribution in [0, 0.1) is 20.8 Å². The summed E-state index contributed by atoms with van der Waals surface area (Å²) in [5.74, 6) is -0.894. The second kappa shape index (κ2) is 4.75. The Morgan fingerprint density at radius 1 is 1.11 bits per heavy atom. The van der Waals surface area contributed by atoms with Crippen LogP contribution in [0.1, 0.15) is 26.4 Å². The van der Waals surface area contributed by atoms with Gasteiger partial charge in [0.2, 0.25) is 0 Å². The van der Waals surface area contributed by atoms with E-state index in [0.29, 0.717) is 9.90 Å². The number of hydrogen-bond acceptors (Lipinski definition) is 2. The molecular weight excluding hydrogens is 268 g/mol. The van der Waals surface area contributed by atoms with Crippen molar-refractivity contribution in [2.75, 3.05) is 0 Å². The molecule has 0 unspecified atom stereocenters. The third-order valence-corrected chi connectivity index (χ3v) is 4.53. The van der Waals surface area contributed by atoms with Crippen LogP contribution in [0.3, 0.4) is 0 Å². The number of carbonyl (C=O) groups is 1. The summed E-state index contributed by atoms with van der Waals surface area (Å²) in [6.45, 7) is 5.94. The molecule has 0 saturated carbocycles. The summed E-state index contributed by atoms with van der Waals surface area (Å²) < 4.78 is 0. The van der Waals surface area contributed by atoms with Crippen molar-refractivity contribution in [3.05, 3.63) is 44.8 Å². The average Bonchev–Trinajstić information content (AvgIpc) is 2.66. The fraction of sp³-hybridized carbons (Fsp3) is 0.214. The average molecular weight is 281 g/mol. The molecule has 0 saturated heterocycles. The van der Waals surface area contributed by atoms with E-state index in [4.69, 9.17) is 16.7 Å². The standard InChI is InChI=1S/C14H13ClO2S/c1-7-4-10(11(15)5-8(7)2)13-9(3)6-12(18-13)14(16)17/h4-6H,1-3H3,(H,16,17). The van der Waals surface area contributed by atoms with Crippen molar-refractivity contribution in [3.8, 4) is 10.4 Å². The van der Waals surface area contributed by atoms with E-state index in [1.165, 1.54) is 11.3 Å². The van der Waals surface area contributed by atoms with Crippen molar-refractivity contribution in [1.29, 1.82) is 0 Å².